The number of para-hydroxylation sites is 3. The van der Waals surface area contributed by atoms with E-state index in [1.807, 2.05) is 42.5 Å². The van der Waals surface area contributed by atoms with Gasteiger partial charge in [0.05, 0.1) is 12.8 Å². The molecule has 0 unspecified atom stereocenters. The van der Waals surface area contributed by atoms with E-state index in [2.05, 4.69) is 16.1 Å². The van der Waals surface area contributed by atoms with E-state index in [9.17, 15) is 0 Å². The molecule has 5 nitrogen and oxygen atoms in total. The first-order chi connectivity index (χ1) is 12.8. The number of hydrogen-bond acceptors (Lipinski definition) is 5. The van der Waals surface area contributed by atoms with Crippen molar-refractivity contribution in [3.63, 3.8) is 0 Å². The molecule has 1 aromatic heterocycles. The second-order valence-electron chi connectivity index (χ2n) is 6.68. The highest BCUT2D eigenvalue weighted by atomic mass is 16.5. The predicted molar refractivity (Wildman–Crippen MR) is 101 cm³/mol. The first kappa shape index (κ1) is 16.9. The molecule has 0 radical (unpaired) electrons. The summed E-state index contributed by atoms with van der Waals surface area (Å²) in [6.45, 7) is 3.70. The zero-order chi connectivity index (χ0) is 17.8. The normalized spacial score (nSPS) is 16.0. The third kappa shape index (κ3) is 3.53. The van der Waals surface area contributed by atoms with Gasteiger partial charge in [-0.3, -0.25) is 4.90 Å². The quantitative estimate of drug-likeness (QED) is 0.668. The molecule has 0 amide bonds. The number of methoxy groups -OCH3 is 1. The van der Waals surface area contributed by atoms with Crippen LogP contribution in [0.5, 0.6) is 11.5 Å². The van der Waals surface area contributed by atoms with Gasteiger partial charge in [-0.25, -0.2) is 0 Å². The number of nitrogens with zero attached hydrogens (tertiary/aromatic N) is 2. The summed E-state index contributed by atoms with van der Waals surface area (Å²) in [5.41, 5.74) is 2.00. The molecule has 5 heteroatoms. The number of hydrogen-bond donors (Lipinski definition) is 0. The van der Waals surface area contributed by atoms with Gasteiger partial charge in [-0.2, -0.15) is 0 Å². The first-order valence-corrected chi connectivity index (χ1v) is 9.17. The summed E-state index contributed by atoms with van der Waals surface area (Å²) in [5.74, 6) is 2.06. The molecule has 0 spiro atoms. The maximum Gasteiger partial charge on any atom is 0.167 e. The molecular formula is C21H24N2O3. The van der Waals surface area contributed by atoms with Crippen LogP contribution in [0.2, 0.25) is 0 Å². The number of fused-ring (bicyclic) bond motifs is 1. The fourth-order valence-corrected chi connectivity index (χ4v) is 3.65. The van der Waals surface area contributed by atoms with Gasteiger partial charge in [-0.15, -0.1) is 0 Å². The van der Waals surface area contributed by atoms with E-state index in [-0.39, 0.29) is 0 Å². The number of ether oxygens (including phenoxy) is 2. The van der Waals surface area contributed by atoms with Crippen LogP contribution in [0.4, 0.5) is 0 Å². The third-order valence-corrected chi connectivity index (χ3v) is 5.11. The van der Waals surface area contributed by atoms with Crippen LogP contribution in [0.3, 0.4) is 0 Å². The highest BCUT2D eigenvalue weighted by Crippen LogP contribution is 2.32. The van der Waals surface area contributed by atoms with Crippen LogP contribution in [-0.4, -0.2) is 43.4 Å². The van der Waals surface area contributed by atoms with Crippen LogP contribution < -0.4 is 9.47 Å². The molecule has 2 aromatic carbocycles. The number of aromatic nitrogens is 1. The van der Waals surface area contributed by atoms with Crippen molar-refractivity contribution in [2.75, 3.05) is 33.4 Å². The Morgan fingerprint density at radius 2 is 1.77 bits per heavy atom. The maximum absolute atomic E-state index is 5.89. The Kier molecular flexibility index (Phi) is 5.07. The monoisotopic (exact) mass is 352 g/mol. The summed E-state index contributed by atoms with van der Waals surface area (Å²) in [6, 6.07) is 15.9. The fraction of sp³-hybridized carbons (Fsp3) is 0.381. The van der Waals surface area contributed by atoms with Gasteiger partial charge in [-0.1, -0.05) is 29.4 Å². The summed E-state index contributed by atoms with van der Waals surface area (Å²) in [4.78, 5) is 2.45. The lowest BCUT2D eigenvalue weighted by molar-refractivity contribution is 0.169. The maximum atomic E-state index is 5.89. The summed E-state index contributed by atoms with van der Waals surface area (Å²) < 4.78 is 16.7. The average molecular weight is 352 g/mol. The smallest absolute Gasteiger partial charge is 0.167 e. The van der Waals surface area contributed by atoms with Gasteiger partial charge in [0.15, 0.2) is 17.1 Å². The van der Waals surface area contributed by atoms with E-state index in [1.165, 1.54) is 0 Å². The molecule has 1 aliphatic heterocycles. The Hall–Kier alpha value is -2.53. The lowest BCUT2D eigenvalue weighted by Crippen LogP contribution is -2.36. The van der Waals surface area contributed by atoms with Crippen molar-refractivity contribution >= 4 is 11.0 Å². The second kappa shape index (κ2) is 7.79. The SMILES string of the molecule is COc1ccccc1OCCN1CCC(c2noc3ccccc23)CC1. The number of piperidine rings is 1. The van der Waals surface area contributed by atoms with Crippen LogP contribution >= 0.6 is 0 Å². The molecule has 3 aromatic rings. The van der Waals surface area contributed by atoms with Gasteiger partial charge < -0.3 is 14.0 Å². The molecule has 1 fully saturated rings. The van der Waals surface area contributed by atoms with E-state index in [0.29, 0.717) is 12.5 Å². The van der Waals surface area contributed by atoms with E-state index in [4.69, 9.17) is 14.0 Å². The average Bonchev–Trinajstić information content (AvgIpc) is 3.13. The third-order valence-electron chi connectivity index (χ3n) is 5.11. The molecule has 136 valence electrons. The molecular weight excluding hydrogens is 328 g/mol. The Bertz CT molecular complexity index is 853. The minimum atomic E-state index is 0.477. The van der Waals surface area contributed by atoms with Crippen molar-refractivity contribution in [3.05, 3.63) is 54.2 Å². The summed E-state index contributed by atoms with van der Waals surface area (Å²) in [6.07, 6.45) is 2.20. The van der Waals surface area contributed by atoms with Crippen molar-refractivity contribution in [1.82, 2.24) is 10.1 Å². The lowest BCUT2D eigenvalue weighted by Gasteiger charge is -2.31. The Labute approximate surface area is 153 Å². The zero-order valence-corrected chi connectivity index (χ0v) is 15.1. The highest BCUT2D eigenvalue weighted by molar-refractivity contribution is 5.79. The molecule has 2 heterocycles. The van der Waals surface area contributed by atoms with Gasteiger partial charge in [0, 0.05) is 17.8 Å². The van der Waals surface area contributed by atoms with Crippen LogP contribution in [0, 0.1) is 0 Å². The molecule has 0 N–H and O–H groups in total. The minimum Gasteiger partial charge on any atom is -0.493 e. The molecule has 26 heavy (non-hydrogen) atoms. The van der Waals surface area contributed by atoms with Gasteiger partial charge in [0.1, 0.15) is 6.61 Å². The van der Waals surface area contributed by atoms with Crippen molar-refractivity contribution < 1.29 is 14.0 Å². The molecule has 1 saturated heterocycles. The zero-order valence-electron chi connectivity index (χ0n) is 15.1. The lowest BCUT2D eigenvalue weighted by atomic mass is 9.91. The Balaban J connectivity index is 1.29. The van der Waals surface area contributed by atoms with E-state index < -0.39 is 0 Å². The van der Waals surface area contributed by atoms with E-state index in [1.54, 1.807) is 7.11 Å². The molecule has 0 saturated carbocycles. The summed E-state index contributed by atoms with van der Waals surface area (Å²) >= 11 is 0. The fourth-order valence-electron chi connectivity index (χ4n) is 3.65. The molecule has 4 rings (SSSR count). The van der Waals surface area contributed by atoms with Crippen molar-refractivity contribution in [2.45, 2.75) is 18.8 Å². The Morgan fingerprint density at radius 3 is 2.58 bits per heavy atom. The largest absolute Gasteiger partial charge is 0.493 e. The second-order valence-corrected chi connectivity index (χ2v) is 6.68. The van der Waals surface area contributed by atoms with Gasteiger partial charge >= 0.3 is 0 Å². The van der Waals surface area contributed by atoms with Gasteiger partial charge in [0.2, 0.25) is 0 Å². The number of benzene rings is 2. The number of likely N-dealkylation sites (tertiary alicyclic amines) is 1. The molecule has 0 bridgehead atoms. The van der Waals surface area contributed by atoms with E-state index >= 15 is 0 Å². The minimum absolute atomic E-state index is 0.477. The molecule has 1 aliphatic rings. The molecule has 0 aliphatic carbocycles. The molecule has 0 atom stereocenters. The van der Waals surface area contributed by atoms with Crippen LogP contribution in [0.1, 0.15) is 24.5 Å². The topological polar surface area (TPSA) is 47.7 Å². The van der Waals surface area contributed by atoms with Crippen molar-refractivity contribution in [1.29, 1.82) is 0 Å². The van der Waals surface area contributed by atoms with Crippen molar-refractivity contribution in [3.8, 4) is 11.5 Å². The van der Waals surface area contributed by atoms with Crippen LogP contribution in [0.15, 0.2) is 53.1 Å². The highest BCUT2D eigenvalue weighted by Gasteiger charge is 2.24. The van der Waals surface area contributed by atoms with Crippen molar-refractivity contribution in [2.24, 2.45) is 0 Å². The van der Waals surface area contributed by atoms with Crippen LogP contribution in [0.25, 0.3) is 11.0 Å². The number of rotatable bonds is 6. The standard InChI is InChI=1S/C21H24N2O3/c1-24-19-8-4-5-9-20(19)25-15-14-23-12-10-16(11-13-23)21-17-6-2-3-7-18(17)26-22-21/h2-9,16H,10-15H2,1H3. The first-order valence-electron chi connectivity index (χ1n) is 9.17. The van der Waals surface area contributed by atoms with E-state index in [0.717, 1.165) is 60.6 Å². The predicted octanol–water partition coefficient (Wildman–Crippen LogP) is 4.09. The van der Waals surface area contributed by atoms with Crippen LogP contribution in [-0.2, 0) is 0 Å². The van der Waals surface area contributed by atoms with Gasteiger partial charge in [0.25, 0.3) is 0 Å². The van der Waals surface area contributed by atoms with Gasteiger partial charge in [-0.05, 0) is 50.2 Å². The Morgan fingerprint density at radius 1 is 1.04 bits per heavy atom. The summed E-state index contributed by atoms with van der Waals surface area (Å²) in [7, 11) is 1.67. The summed E-state index contributed by atoms with van der Waals surface area (Å²) in [5, 5.41) is 5.49.